The van der Waals surface area contributed by atoms with Gasteiger partial charge in [0.05, 0.1) is 5.75 Å². The van der Waals surface area contributed by atoms with Gasteiger partial charge in [-0.2, -0.15) is 0 Å². The third-order valence-electron chi connectivity index (χ3n) is 3.96. The SMILES string of the molecule is CCCCCB(C)CCCS(=O)(=O)Cc1ccc(C)cc1. The molecule has 0 saturated carbocycles. The molecule has 2 nitrogen and oxygen atoms in total. The lowest BCUT2D eigenvalue weighted by molar-refractivity contribution is 0.594. The first kappa shape index (κ1) is 18.3. The van der Waals surface area contributed by atoms with E-state index in [0.29, 0.717) is 12.5 Å². The third-order valence-corrected chi connectivity index (χ3v) is 5.64. The van der Waals surface area contributed by atoms with Crippen LogP contribution >= 0.6 is 0 Å². The van der Waals surface area contributed by atoms with Crippen molar-refractivity contribution in [3.63, 3.8) is 0 Å². The Morgan fingerprint density at radius 2 is 1.62 bits per heavy atom. The van der Waals surface area contributed by atoms with Crippen molar-refractivity contribution in [3.8, 4) is 0 Å². The molecule has 0 spiro atoms. The Balaban J connectivity index is 2.31. The van der Waals surface area contributed by atoms with Crippen LogP contribution in [0.3, 0.4) is 0 Å². The van der Waals surface area contributed by atoms with Crippen molar-refractivity contribution < 1.29 is 8.42 Å². The number of sulfone groups is 1. The van der Waals surface area contributed by atoms with Crippen LogP contribution in [0.15, 0.2) is 24.3 Å². The Morgan fingerprint density at radius 3 is 2.24 bits per heavy atom. The summed E-state index contributed by atoms with van der Waals surface area (Å²) in [7, 11) is -2.97. The van der Waals surface area contributed by atoms with Crippen LogP contribution in [0.2, 0.25) is 19.5 Å². The summed E-state index contributed by atoms with van der Waals surface area (Å²) in [6.45, 7) is 7.11. The molecular weight excluding hydrogens is 279 g/mol. The molecular formula is C17H29BO2S. The smallest absolute Gasteiger partial charge is 0.154 e. The lowest BCUT2D eigenvalue weighted by atomic mass is 9.46. The van der Waals surface area contributed by atoms with Gasteiger partial charge in [0.1, 0.15) is 6.71 Å². The van der Waals surface area contributed by atoms with Crippen molar-refractivity contribution >= 4 is 16.6 Å². The van der Waals surface area contributed by atoms with Crippen molar-refractivity contribution in [1.29, 1.82) is 0 Å². The van der Waals surface area contributed by atoms with Gasteiger partial charge >= 0.3 is 0 Å². The molecule has 1 aromatic carbocycles. The third kappa shape index (κ3) is 8.30. The van der Waals surface area contributed by atoms with Gasteiger partial charge in [-0.3, -0.25) is 0 Å². The molecule has 1 aromatic rings. The predicted octanol–water partition coefficient (Wildman–Crippen LogP) is 4.61. The number of unbranched alkanes of at least 4 members (excludes halogenated alkanes) is 2. The molecule has 0 aliphatic rings. The minimum Gasteiger partial charge on any atom is -0.228 e. The Kier molecular flexibility index (Phi) is 8.09. The molecule has 0 aliphatic carbocycles. The fourth-order valence-electron chi connectivity index (χ4n) is 2.55. The number of aryl methyl sites for hydroxylation is 1. The van der Waals surface area contributed by atoms with Crippen LogP contribution in [0.25, 0.3) is 0 Å². The zero-order valence-corrected chi connectivity index (χ0v) is 14.6. The van der Waals surface area contributed by atoms with Gasteiger partial charge in [0, 0.05) is 5.75 Å². The number of hydrogen-bond donors (Lipinski definition) is 0. The monoisotopic (exact) mass is 308 g/mol. The summed E-state index contributed by atoms with van der Waals surface area (Å²) in [6, 6.07) is 7.78. The van der Waals surface area contributed by atoms with E-state index in [1.54, 1.807) is 0 Å². The molecule has 4 heteroatoms. The van der Waals surface area contributed by atoms with E-state index in [0.717, 1.165) is 23.9 Å². The average Bonchev–Trinajstić information content (AvgIpc) is 2.41. The summed E-state index contributed by atoms with van der Waals surface area (Å²) in [5, 5.41) is 0. The van der Waals surface area contributed by atoms with Gasteiger partial charge in [0.15, 0.2) is 9.84 Å². The van der Waals surface area contributed by atoms with E-state index in [4.69, 9.17) is 0 Å². The molecule has 0 bridgehead atoms. The van der Waals surface area contributed by atoms with Crippen LogP contribution in [0.4, 0.5) is 0 Å². The largest absolute Gasteiger partial charge is 0.228 e. The predicted molar refractivity (Wildman–Crippen MR) is 94.0 cm³/mol. The summed E-state index contributed by atoms with van der Waals surface area (Å²) >= 11 is 0. The summed E-state index contributed by atoms with van der Waals surface area (Å²) in [6.07, 6.45) is 6.85. The van der Waals surface area contributed by atoms with E-state index >= 15 is 0 Å². The van der Waals surface area contributed by atoms with E-state index in [9.17, 15) is 8.42 Å². The first-order valence-corrected chi connectivity index (χ1v) is 10.0. The maximum Gasteiger partial charge on any atom is 0.154 e. The second-order valence-corrected chi connectivity index (χ2v) is 8.50. The van der Waals surface area contributed by atoms with Gasteiger partial charge in [0.2, 0.25) is 0 Å². The van der Waals surface area contributed by atoms with Crippen molar-refractivity contribution in [2.75, 3.05) is 5.75 Å². The first-order valence-electron chi connectivity index (χ1n) is 8.19. The molecule has 118 valence electrons. The molecule has 0 fully saturated rings. The highest BCUT2D eigenvalue weighted by molar-refractivity contribution is 7.90. The topological polar surface area (TPSA) is 34.1 Å². The number of benzene rings is 1. The standard InChI is InChI=1S/C17H29BO2S/c1-4-5-6-12-18(3)13-7-14-21(19,20)15-17-10-8-16(2)9-11-17/h8-11H,4-7,12-15H2,1-3H3. The lowest BCUT2D eigenvalue weighted by Gasteiger charge is -2.08. The highest BCUT2D eigenvalue weighted by Gasteiger charge is 2.14. The van der Waals surface area contributed by atoms with Crippen LogP contribution < -0.4 is 0 Å². The Labute approximate surface area is 131 Å². The summed E-state index contributed by atoms with van der Waals surface area (Å²) in [5.74, 6) is 0.497. The highest BCUT2D eigenvalue weighted by atomic mass is 32.2. The van der Waals surface area contributed by atoms with Gasteiger partial charge in [-0.15, -0.1) is 0 Å². The highest BCUT2D eigenvalue weighted by Crippen LogP contribution is 2.13. The van der Waals surface area contributed by atoms with E-state index in [1.807, 2.05) is 31.2 Å². The number of hydrogen-bond acceptors (Lipinski definition) is 2. The van der Waals surface area contributed by atoms with Crippen molar-refractivity contribution in [2.45, 2.75) is 64.7 Å². The minimum atomic E-state index is -2.97. The van der Waals surface area contributed by atoms with E-state index in [2.05, 4.69) is 13.7 Å². The molecule has 21 heavy (non-hydrogen) atoms. The van der Waals surface area contributed by atoms with Gasteiger partial charge in [0.25, 0.3) is 0 Å². The van der Waals surface area contributed by atoms with Gasteiger partial charge in [-0.1, -0.05) is 75.5 Å². The molecule has 0 aromatic heterocycles. The molecule has 0 unspecified atom stereocenters. The average molecular weight is 308 g/mol. The molecule has 0 heterocycles. The Bertz CT molecular complexity index is 494. The van der Waals surface area contributed by atoms with E-state index in [-0.39, 0.29) is 5.75 Å². The minimum absolute atomic E-state index is 0.178. The second kappa shape index (κ2) is 9.29. The van der Waals surface area contributed by atoms with E-state index < -0.39 is 9.84 Å². The zero-order valence-electron chi connectivity index (χ0n) is 13.8. The van der Waals surface area contributed by atoms with Crippen LogP contribution in [-0.4, -0.2) is 20.9 Å². The van der Waals surface area contributed by atoms with E-state index in [1.165, 1.54) is 25.6 Å². The molecule has 0 radical (unpaired) electrons. The summed E-state index contributed by atoms with van der Waals surface area (Å²) in [4.78, 5) is 0. The molecule has 0 aliphatic heterocycles. The van der Waals surface area contributed by atoms with Gasteiger partial charge in [-0.25, -0.2) is 8.42 Å². The van der Waals surface area contributed by atoms with Crippen LogP contribution in [0.5, 0.6) is 0 Å². The normalized spacial score (nSPS) is 11.6. The van der Waals surface area contributed by atoms with Crippen molar-refractivity contribution in [2.24, 2.45) is 0 Å². The second-order valence-electron chi connectivity index (χ2n) is 6.32. The Hall–Kier alpha value is -0.765. The zero-order chi connectivity index (χ0) is 15.7. The fraction of sp³-hybridized carbons (Fsp3) is 0.647. The number of rotatable bonds is 10. The molecule has 0 atom stereocenters. The first-order chi connectivity index (χ1) is 9.93. The van der Waals surface area contributed by atoms with Crippen molar-refractivity contribution in [3.05, 3.63) is 35.4 Å². The Morgan fingerprint density at radius 1 is 1.00 bits per heavy atom. The summed E-state index contributed by atoms with van der Waals surface area (Å²) in [5.41, 5.74) is 2.06. The maximum atomic E-state index is 12.1. The van der Waals surface area contributed by atoms with Crippen LogP contribution in [-0.2, 0) is 15.6 Å². The van der Waals surface area contributed by atoms with Crippen LogP contribution in [0.1, 0.15) is 43.7 Å². The van der Waals surface area contributed by atoms with Gasteiger partial charge < -0.3 is 0 Å². The lowest BCUT2D eigenvalue weighted by Crippen LogP contribution is -2.13. The van der Waals surface area contributed by atoms with Gasteiger partial charge in [-0.05, 0) is 18.9 Å². The van der Waals surface area contributed by atoms with Crippen LogP contribution in [0, 0.1) is 6.92 Å². The molecule has 0 amide bonds. The molecule has 0 saturated heterocycles. The maximum absolute atomic E-state index is 12.1. The fourth-order valence-corrected chi connectivity index (χ4v) is 4.00. The quantitative estimate of drug-likeness (QED) is 0.467. The molecule has 1 rings (SSSR count). The summed E-state index contributed by atoms with van der Waals surface area (Å²) < 4.78 is 24.3. The molecule has 0 N–H and O–H groups in total. The van der Waals surface area contributed by atoms with Crippen molar-refractivity contribution in [1.82, 2.24) is 0 Å².